The van der Waals surface area contributed by atoms with E-state index in [1.165, 1.54) is 0 Å². The Morgan fingerprint density at radius 3 is 2.79 bits per heavy atom. The first-order valence-electron chi connectivity index (χ1n) is 4.28. The summed E-state index contributed by atoms with van der Waals surface area (Å²) in [7, 11) is 0. The van der Waals surface area contributed by atoms with Crippen LogP contribution in [0.5, 0.6) is 0 Å². The normalized spacial score (nSPS) is 12.5. The lowest BCUT2D eigenvalue weighted by Gasteiger charge is -2.08. The molecule has 0 spiro atoms. The summed E-state index contributed by atoms with van der Waals surface area (Å²) < 4.78 is 0. The SMILES string of the molecule is Cc1ncc(CC(N)C(=O)O)c(C)n1. The molecule has 1 heterocycles. The van der Waals surface area contributed by atoms with Gasteiger partial charge in [-0.3, -0.25) is 4.79 Å². The minimum Gasteiger partial charge on any atom is -0.480 e. The highest BCUT2D eigenvalue weighted by Gasteiger charge is 2.14. The lowest BCUT2D eigenvalue weighted by Crippen LogP contribution is -2.32. The van der Waals surface area contributed by atoms with Crippen molar-refractivity contribution in [1.29, 1.82) is 0 Å². The first-order valence-corrected chi connectivity index (χ1v) is 4.28. The molecule has 0 bridgehead atoms. The highest BCUT2D eigenvalue weighted by atomic mass is 16.4. The highest BCUT2D eigenvalue weighted by molar-refractivity contribution is 5.73. The molecule has 0 aromatic carbocycles. The smallest absolute Gasteiger partial charge is 0.320 e. The number of nitrogens with two attached hydrogens (primary N) is 1. The standard InChI is InChI=1S/C9H13N3O2/c1-5-7(3-8(10)9(13)14)4-11-6(2)12-5/h4,8H,3,10H2,1-2H3,(H,13,14). The largest absolute Gasteiger partial charge is 0.480 e. The van der Waals surface area contributed by atoms with E-state index in [9.17, 15) is 4.79 Å². The molecule has 0 saturated heterocycles. The fraction of sp³-hybridized carbons (Fsp3) is 0.444. The van der Waals surface area contributed by atoms with Crippen LogP contribution in [0.1, 0.15) is 17.1 Å². The number of rotatable bonds is 3. The van der Waals surface area contributed by atoms with Crippen LogP contribution >= 0.6 is 0 Å². The second-order valence-electron chi connectivity index (χ2n) is 3.18. The zero-order valence-corrected chi connectivity index (χ0v) is 8.19. The van der Waals surface area contributed by atoms with Crippen molar-refractivity contribution >= 4 is 5.97 Å². The van der Waals surface area contributed by atoms with Gasteiger partial charge >= 0.3 is 5.97 Å². The summed E-state index contributed by atoms with van der Waals surface area (Å²) in [5, 5.41) is 8.62. The minimum atomic E-state index is -1.01. The molecule has 14 heavy (non-hydrogen) atoms. The molecule has 0 fully saturated rings. The van der Waals surface area contributed by atoms with E-state index < -0.39 is 12.0 Å². The van der Waals surface area contributed by atoms with Gasteiger partial charge in [-0.25, -0.2) is 9.97 Å². The van der Waals surface area contributed by atoms with Crippen molar-refractivity contribution in [2.75, 3.05) is 0 Å². The zero-order valence-electron chi connectivity index (χ0n) is 8.19. The van der Waals surface area contributed by atoms with E-state index in [-0.39, 0.29) is 6.42 Å². The third-order valence-electron chi connectivity index (χ3n) is 1.96. The van der Waals surface area contributed by atoms with Gasteiger partial charge in [-0.1, -0.05) is 0 Å². The van der Waals surface area contributed by atoms with Crippen LogP contribution < -0.4 is 5.73 Å². The van der Waals surface area contributed by atoms with Crippen molar-refractivity contribution in [2.45, 2.75) is 26.3 Å². The number of carboxylic acid groups (broad SMARTS) is 1. The predicted molar refractivity (Wildman–Crippen MR) is 50.8 cm³/mol. The summed E-state index contributed by atoms with van der Waals surface area (Å²) >= 11 is 0. The quantitative estimate of drug-likeness (QED) is 0.711. The first-order chi connectivity index (χ1) is 6.50. The van der Waals surface area contributed by atoms with Gasteiger partial charge in [0.25, 0.3) is 0 Å². The van der Waals surface area contributed by atoms with Crippen LogP contribution in [0.4, 0.5) is 0 Å². The van der Waals surface area contributed by atoms with Crippen molar-refractivity contribution in [1.82, 2.24) is 9.97 Å². The molecule has 1 unspecified atom stereocenters. The molecule has 76 valence electrons. The molecule has 5 nitrogen and oxygen atoms in total. The van der Waals surface area contributed by atoms with Gasteiger partial charge in [0.15, 0.2) is 0 Å². The van der Waals surface area contributed by atoms with Gasteiger partial charge in [0, 0.05) is 18.3 Å². The van der Waals surface area contributed by atoms with Gasteiger partial charge in [0.2, 0.25) is 0 Å². The molecule has 0 aliphatic rings. The van der Waals surface area contributed by atoms with Gasteiger partial charge < -0.3 is 10.8 Å². The van der Waals surface area contributed by atoms with Gasteiger partial charge in [-0.2, -0.15) is 0 Å². The molecule has 1 aromatic rings. The van der Waals surface area contributed by atoms with Gasteiger partial charge in [-0.05, 0) is 19.4 Å². The third-order valence-corrected chi connectivity index (χ3v) is 1.96. The maximum atomic E-state index is 10.5. The number of aromatic nitrogens is 2. The summed E-state index contributed by atoms with van der Waals surface area (Å²) in [6, 6.07) is -0.889. The number of aryl methyl sites for hydroxylation is 2. The lowest BCUT2D eigenvalue weighted by molar-refractivity contribution is -0.138. The Kier molecular flexibility index (Phi) is 3.14. The average molecular weight is 195 g/mol. The van der Waals surface area contributed by atoms with Crippen molar-refractivity contribution in [3.8, 4) is 0 Å². The molecule has 0 radical (unpaired) electrons. The third kappa shape index (κ3) is 2.50. The molecular weight excluding hydrogens is 182 g/mol. The van der Waals surface area contributed by atoms with E-state index >= 15 is 0 Å². The van der Waals surface area contributed by atoms with Crippen LogP contribution in [0.15, 0.2) is 6.20 Å². The molecule has 1 rings (SSSR count). The monoisotopic (exact) mass is 195 g/mol. The molecule has 0 aliphatic heterocycles. The van der Waals surface area contributed by atoms with Gasteiger partial charge in [0.1, 0.15) is 11.9 Å². The molecule has 5 heteroatoms. The van der Waals surface area contributed by atoms with Crippen LogP contribution in [0.25, 0.3) is 0 Å². The Morgan fingerprint density at radius 1 is 1.64 bits per heavy atom. The topological polar surface area (TPSA) is 89.1 Å². The summed E-state index contributed by atoms with van der Waals surface area (Å²) in [5.41, 5.74) is 6.97. The molecule has 0 amide bonds. The van der Waals surface area contributed by atoms with Crippen molar-refractivity contribution in [3.63, 3.8) is 0 Å². The lowest BCUT2D eigenvalue weighted by atomic mass is 10.1. The minimum absolute atomic E-state index is 0.265. The van der Waals surface area contributed by atoms with Crippen LogP contribution in [0.3, 0.4) is 0 Å². The summed E-state index contributed by atoms with van der Waals surface area (Å²) in [6.45, 7) is 3.60. The summed E-state index contributed by atoms with van der Waals surface area (Å²) in [4.78, 5) is 18.6. The van der Waals surface area contributed by atoms with E-state index in [2.05, 4.69) is 9.97 Å². The van der Waals surface area contributed by atoms with Crippen LogP contribution in [-0.2, 0) is 11.2 Å². The second-order valence-corrected chi connectivity index (χ2v) is 3.18. The number of nitrogens with zero attached hydrogens (tertiary/aromatic N) is 2. The van der Waals surface area contributed by atoms with Gasteiger partial charge in [0.05, 0.1) is 0 Å². The maximum absolute atomic E-state index is 10.5. The van der Waals surface area contributed by atoms with Crippen LogP contribution in [-0.4, -0.2) is 27.1 Å². The number of hydrogen-bond donors (Lipinski definition) is 2. The molecule has 0 aliphatic carbocycles. The van der Waals surface area contributed by atoms with Crippen LogP contribution in [0.2, 0.25) is 0 Å². The summed E-state index contributed by atoms with van der Waals surface area (Å²) in [5.74, 6) is -0.333. The molecule has 3 N–H and O–H groups in total. The molecule has 0 saturated carbocycles. The molecule has 1 aromatic heterocycles. The fourth-order valence-corrected chi connectivity index (χ4v) is 1.13. The van der Waals surface area contributed by atoms with Crippen molar-refractivity contribution in [2.24, 2.45) is 5.73 Å². The first kappa shape index (κ1) is 10.6. The van der Waals surface area contributed by atoms with E-state index in [0.717, 1.165) is 11.3 Å². The predicted octanol–water partition coefficient (Wildman–Crippen LogP) is 0.0478. The number of aliphatic carboxylic acids is 1. The zero-order chi connectivity index (χ0) is 10.7. The number of carbonyl (C=O) groups is 1. The highest BCUT2D eigenvalue weighted by Crippen LogP contribution is 2.06. The fourth-order valence-electron chi connectivity index (χ4n) is 1.13. The van der Waals surface area contributed by atoms with E-state index in [0.29, 0.717) is 5.82 Å². The second kappa shape index (κ2) is 4.15. The average Bonchev–Trinajstić information content (AvgIpc) is 2.09. The number of hydrogen-bond acceptors (Lipinski definition) is 4. The number of carboxylic acids is 1. The van der Waals surface area contributed by atoms with E-state index in [1.54, 1.807) is 13.1 Å². The maximum Gasteiger partial charge on any atom is 0.320 e. The summed E-state index contributed by atoms with van der Waals surface area (Å²) in [6.07, 6.45) is 1.89. The van der Waals surface area contributed by atoms with Crippen molar-refractivity contribution < 1.29 is 9.90 Å². The Bertz CT molecular complexity index is 352. The van der Waals surface area contributed by atoms with Crippen molar-refractivity contribution in [3.05, 3.63) is 23.3 Å². The van der Waals surface area contributed by atoms with Gasteiger partial charge in [-0.15, -0.1) is 0 Å². The molecular formula is C9H13N3O2. The van der Waals surface area contributed by atoms with Crippen LogP contribution in [0, 0.1) is 13.8 Å². The Labute approximate surface area is 82.0 Å². The Hall–Kier alpha value is -1.49. The van der Waals surface area contributed by atoms with E-state index in [4.69, 9.17) is 10.8 Å². The van der Waals surface area contributed by atoms with E-state index in [1.807, 2.05) is 6.92 Å². The Morgan fingerprint density at radius 2 is 2.29 bits per heavy atom. The Balaban J connectivity index is 2.82. The molecule has 1 atom stereocenters.